The maximum Gasteiger partial charge on any atom is 0.172 e. The van der Waals surface area contributed by atoms with E-state index in [0.717, 1.165) is 24.7 Å². The molecule has 0 bridgehead atoms. The van der Waals surface area contributed by atoms with Crippen molar-refractivity contribution in [3.8, 4) is 0 Å². The van der Waals surface area contributed by atoms with Crippen LogP contribution in [0.2, 0.25) is 0 Å². The molecule has 3 rings (SSSR count). The Labute approximate surface area is 162 Å². The van der Waals surface area contributed by atoms with E-state index in [0.29, 0.717) is 26.1 Å². The molecule has 1 aliphatic heterocycles. The fourth-order valence-electron chi connectivity index (χ4n) is 5.76. The Morgan fingerprint density at radius 2 is 2.04 bits per heavy atom. The molecule has 3 unspecified atom stereocenters. The first-order valence-electron chi connectivity index (χ1n) is 10.1. The molecule has 1 heterocycles. The van der Waals surface area contributed by atoms with Gasteiger partial charge in [-0.2, -0.15) is 0 Å². The van der Waals surface area contributed by atoms with Crippen molar-refractivity contribution < 1.29 is 24.5 Å². The molecule has 5 nitrogen and oxygen atoms in total. The summed E-state index contributed by atoms with van der Waals surface area (Å²) in [7, 11) is 0. The second-order valence-electron chi connectivity index (χ2n) is 9.09. The van der Waals surface area contributed by atoms with E-state index in [4.69, 9.17) is 9.47 Å². The molecule has 6 atom stereocenters. The molecule has 1 saturated heterocycles. The number of aldehydes is 1. The zero-order valence-electron chi connectivity index (χ0n) is 16.8. The molecule has 0 aromatic carbocycles. The van der Waals surface area contributed by atoms with Gasteiger partial charge in [0, 0.05) is 29.6 Å². The molecule has 0 aromatic heterocycles. The minimum atomic E-state index is -0.742. The standard InChI is InChI=1S/C22H34O5/c1-5-20(4,14-24)13-18(25)17-12-15(2)16(3)19-21(17,8-9-23)6-7-22(19)26-10-11-27-22/h5,9,12,15-16,18-19,24-25H,1,6-8,10-11,13-14H2,2-4H3/t15-,16?,18?,19?,20+,21+/m1/s1. The van der Waals surface area contributed by atoms with E-state index in [2.05, 4.69) is 26.5 Å². The molecule has 27 heavy (non-hydrogen) atoms. The van der Waals surface area contributed by atoms with E-state index in [-0.39, 0.29) is 24.4 Å². The lowest BCUT2D eigenvalue weighted by molar-refractivity contribution is -0.209. The predicted octanol–water partition coefficient (Wildman–Crippen LogP) is 2.86. The highest BCUT2D eigenvalue weighted by molar-refractivity contribution is 5.54. The van der Waals surface area contributed by atoms with Gasteiger partial charge in [-0.05, 0) is 30.3 Å². The minimum Gasteiger partial charge on any atom is -0.395 e. The Morgan fingerprint density at radius 3 is 2.59 bits per heavy atom. The Bertz CT molecular complexity index is 608. The molecule has 1 spiro atoms. The van der Waals surface area contributed by atoms with Gasteiger partial charge >= 0.3 is 0 Å². The van der Waals surface area contributed by atoms with Crippen molar-refractivity contribution in [2.45, 2.75) is 58.3 Å². The molecular formula is C22H34O5. The fraction of sp³-hybridized carbons (Fsp3) is 0.773. The molecule has 152 valence electrons. The number of fused-ring (bicyclic) bond motifs is 2. The van der Waals surface area contributed by atoms with E-state index in [1.54, 1.807) is 6.08 Å². The molecule has 0 radical (unpaired) electrons. The van der Waals surface area contributed by atoms with Gasteiger partial charge < -0.3 is 24.5 Å². The zero-order valence-corrected chi connectivity index (χ0v) is 16.8. The van der Waals surface area contributed by atoms with Gasteiger partial charge in [0.1, 0.15) is 6.29 Å². The molecule has 3 aliphatic rings. The van der Waals surface area contributed by atoms with Crippen molar-refractivity contribution in [3.63, 3.8) is 0 Å². The van der Waals surface area contributed by atoms with Crippen LogP contribution in [0.1, 0.15) is 46.5 Å². The smallest absolute Gasteiger partial charge is 0.172 e. The quantitative estimate of drug-likeness (QED) is 0.526. The zero-order chi connectivity index (χ0) is 19.9. The van der Waals surface area contributed by atoms with Crippen molar-refractivity contribution in [2.24, 2.45) is 28.6 Å². The van der Waals surface area contributed by atoms with Gasteiger partial charge in [0.05, 0.1) is 25.9 Å². The summed E-state index contributed by atoms with van der Waals surface area (Å²) in [4.78, 5) is 11.7. The monoisotopic (exact) mass is 378 g/mol. The molecule has 2 fully saturated rings. The lowest BCUT2D eigenvalue weighted by Gasteiger charge is -2.50. The molecule has 2 N–H and O–H groups in total. The Kier molecular flexibility index (Phi) is 5.70. The third-order valence-electron chi connectivity index (χ3n) is 7.46. The topological polar surface area (TPSA) is 76.0 Å². The first-order chi connectivity index (χ1) is 12.8. The minimum absolute atomic E-state index is 0.0338. The van der Waals surface area contributed by atoms with Crippen LogP contribution in [0.3, 0.4) is 0 Å². The number of rotatable bonds is 7. The number of aliphatic hydroxyl groups is 2. The summed E-state index contributed by atoms with van der Waals surface area (Å²) in [6.07, 6.45) is 6.33. The number of carbonyl (C=O) groups is 1. The highest BCUT2D eigenvalue weighted by Gasteiger charge is 2.65. The summed E-state index contributed by atoms with van der Waals surface area (Å²) < 4.78 is 12.3. The third kappa shape index (κ3) is 3.23. The maximum absolute atomic E-state index is 11.7. The van der Waals surface area contributed by atoms with Crippen LogP contribution in [0.4, 0.5) is 0 Å². The number of allylic oxidation sites excluding steroid dienone is 1. The largest absolute Gasteiger partial charge is 0.395 e. The summed E-state index contributed by atoms with van der Waals surface area (Å²) in [5, 5.41) is 21.0. The molecule has 1 saturated carbocycles. The molecular weight excluding hydrogens is 344 g/mol. The Balaban J connectivity index is 2.03. The average Bonchev–Trinajstić information content (AvgIpc) is 3.25. The predicted molar refractivity (Wildman–Crippen MR) is 103 cm³/mol. The maximum atomic E-state index is 11.7. The first-order valence-corrected chi connectivity index (χ1v) is 10.1. The van der Waals surface area contributed by atoms with Crippen molar-refractivity contribution in [1.82, 2.24) is 0 Å². The van der Waals surface area contributed by atoms with Crippen LogP contribution in [-0.4, -0.2) is 48.2 Å². The van der Waals surface area contributed by atoms with Crippen molar-refractivity contribution >= 4 is 6.29 Å². The van der Waals surface area contributed by atoms with Gasteiger partial charge in [0.25, 0.3) is 0 Å². The summed E-state index contributed by atoms with van der Waals surface area (Å²) in [5.41, 5.74) is -0.0986. The Morgan fingerprint density at radius 1 is 1.37 bits per heavy atom. The van der Waals surface area contributed by atoms with Crippen LogP contribution >= 0.6 is 0 Å². The van der Waals surface area contributed by atoms with Crippen LogP contribution in [0.15, 0.2) is 24.3 Å². The fourth-order valence-corrected chi connectivity index (χ4v) is 5.76. The Hall–Kier alpha value is -1.01. The number of ether oxygens (including phenoxy) is 2. The van der Waals surface area contributed by atoms with Crippen molar-refractivity contribution in [3.05, 3.63) is 24.3 Å². The summed E-state index contributed by atoms with van der Waals surface area (Å²) in [5.74, 6) is -0.0860. The highest BCUT2D eigenvalue weighted by atomic mass is 16.7. The number of carbonyl (C=O) groups excluding carboxylic acids is 1. The molecule has 2 aliphatic carbocycles. The van der Waals surface area contributed by atoms with Crippen LogP contribution in [-0.2, 0) is 14.3 Å². The van der Waals surface area contributed by atoms with E-state index >= 15 is 0 Å². The summed E-state index contributed by atoms with van der Waals surface area (Å²) in [6.45, 7) is 11.1. The summed E-state index contributed by atoms with van der Waals surface area (Å²) in [6, 6.07) is 0. The van der Waals surface area contributed by atoms with Gasteiger partial charge in [0.2, 0.25) is 0 Å². The van der Waals surface area contributed by atoms with Crippen LogP contribution in [0.25, 0.3) is 0 Å². The van der Waals surface area contributed by atoms with Gasteiger partial charge in [-0.1, -0.05) is 32.9 Å². The van der Waals surface area contributed by atoms with Crippen LogP contribution < -0.4 is 0 Å². The molecule has 0 aromatic rings. The first kappa shape index (κ1) is 20.7. The lowest BCUT2D eigenvalue weighted by Crippen LogP contribution is -2.51. The van der Waals surface area contributed by atoms with E-state index in [1.807, 2.05) is 6.92 Å². The number of hydrogen-bond acceptors (Lipinski definition) is 5. The van der Waals surface area contributed by atoms with Crippen molar-refractivity contribution in [2.75, 3.05) is 19.8 Å². The molecule has 5 heteroatoms. The van der Waals surface area contributed by atoms with E-state index in [1.165, 1.54) is 0 Å². The highest BCUT2D eigenvalue weighted by Crippen LogP contribution is 2.64. The van der Waals surface area contributed by atoms with Gasteiger partial charge in [-0.15, -0.1) is 6.58 Å². The van der Waals surface area contributed by atoms with E-state index < -0.39 is 22.7 Å². The van der Waals surface area contributed by atoms with E-state index in [9.17, 15) is 15.0 Å². The van der Waals surface area contributed by atoms with Gasteiger partial charge in [-0.3, -0.25) is 0 Å². The van der Waals surface area contributed by atoms with Crippen molar-refractivity contribution in [1.29, 1.82) is 0 Å². The third-order valence-corrected chi connectivity index (χ3v) is 7.46. The van der Waals surface area contributed by atoms with Crippen LogP contribution in [0, 0.1) is 28.6 Å². The second-order valence-corrected chi connectivity index (χ2v) is 9.09. The van der Waals surface area contributed by atoms with Gasteiger partial charge in [0.15, 0.2) is 5.79 Å². The second kappa shape index (κ2) is 7.43. The SMILES string of the molecule is C=C[C@](C)(CO)CC(O)C1=C[C@@H](C)C(C)C2C3(CC[C@]12CC=O)OCCO3. The normalized spacial score (nSPS) is 38.1. The molecule has 0 amide bonds. The summed E-state index contributed by atoms with van der Waals surface area (Å²) >= 11 is 0. The lowest BCUT2D eigenvalue weighted by atomic mass is 9.56. The average molecular weight is 379 g/mol. The van der Waals surface area contributed by atoms with Gasteiger partial charge in [-0.25, -0.2) is 0 Å². The number of aliphatic hydroxyl groups excluding tert-OH is 2. The van der Waals surface area contributed by atoms with Crippen LogP contribution in [0.5, 0.6) is 0 Å². The number of hydrogen-bond donors (Lipinski definition) is 2.